The van der Waals surface area contributed by atoms with Crippen LogP contribution >= 0.6 is 23.2 Å². The fraction of sp³-hybridized carbons (Fsp3) is 0.500. The summed E-state index contributed by atoms with van der Waals surface area (Å²) < 4.78 is 5.54. The van der Waals surface area contributed by atoms with E-state index in [1.807, 2.05) is 37.3 Å². The van der Waals surface area contributed by atoms with E-state index in [4.69, 9.17) is 27.9 Å². The number of rotatable bonds is 7. The lowest BCUT2D eigenvalue weighted by atomic mass is 10.1. The molecule has 1 aromatic rings. The van der Waals surface area contributed by atoms with Crippen molar-refractivity contribution in [3.63, 3.8) is 0 Å². The highest BCUT2D eigenvalue weighted by atomic mass is 35.5. The fourth-order valence-electron chi connectivity index (χ4n) is 1.17. The van der Waals surface area contributed by atoms with E-state index in [-0.39, 0.29) is 5.54 Å². The first-order valence-electron chi connectivity index (χ1n) is 5.25. The molecule has 0 spiro atoms. The molecule has 0 radical (unpaired) electrons. The quantitative estimate of drug-likeness (QED) is 0.602. The lowest BCUT2D eigenvalue weighted by Crippen LogP contribution is -2.47. The molecular weight excluding hydrogens is 245 g/mol. The van der Waals surface area contributed by atoms with Crippen LogP contribution < -0.4 is 10.1 Å². The van der Waals surface area contributed by atoms with Crippen LogP contribution in [0.3, 0.4) is 0 Å². The van der Waals surface area contributed by atoms with Crippen molar-refractivity contribution in [3.05, 3.63) is 30.3 Å². The highest BCUT2D eigenvalue weighted by Gasteiger charge is 2.20. The lowest BCUT2D eigenvalue weighted by Gasteiger charge is -2.25. The SMILES string of the molecule is CC(CCl)(CCl)NCCOc1ccccc1. The normalized spacial score (nSPS) is 11.4. The molecule has 0 amide bonds. The Balaban J connectivity index is 2.22. The van der Waals surface area contributed by atoms with E-state index in [2.05, 4.69) is 5.32 Å². The van der Waals surface area contributed by atoms with Gasteiger partial charge in [0.1, 0.15) is 12.4 Å². The predicted octanol–water partition coefficient (Wildman–Crippen LogP) is 2.89. The predicted molar refractivity (Wildman–Crippen MR) is 69.8 cm³/mol. The van der Waals surface area contributed by atoms with Crippen LogP contribution in [0.2, 0.25) is 0 Å². The van der Waals surface area contributed by atoms with Gasteiger partial charge >= 0.3 is 0 Å². The van der Waals surface area contributed by atoms with Gasteiger partial charge in [-0.2, -0.15) is 0 Å². The first kappa shape index (κ1) is 13.6. The molecule has 0 fully saturated rings. The van der Waals surface area contributed by atoms with Crippen LogP contribution in [0.5, 0.6) is 5.75 Å². The maximum absolute atomic E-state index is 5.82. The monoisotopic (exact) mass is 261 g/mol. The summed E-state index contributed by atoms with van der Waals surface area (Å²) in [5.41, 5.74) is -0.219. The van der Waals surface area contributed by atoms with Crippen LogP contribution in [-0.4, -0.2) is 30.5 Å². The number of nitrogens with one attached hydrogen (secondary N) is 1. The molecule has 0 aliphatic rings. The maximum atomic E-state index is 5.82. The van der Waals surface area contributed by atoms with Crippen molar-refractivity contribution >= 4 is 23.2 Å². The Bertz CT molecular complexity index is 288. The van der Waals surface area contributed by atoms with Crippen LogP contribution in [0.4, 0.5) is 0 Å². The Morgan fingerprint density at radius 1 is 1.19 bits per heavy atom. The molecule has 0 aliphatic carbocycles. The van der Waals surface area contributed by atoms with E-state index >= 15 is 0 Å². The molecule has 4 heteroatoms. The van der Waals surface area contributed by atoms with Crippen LogP contribution in [0.15, 0.2) is 30.3 Å². The molecule has 0 aliphatic heterocycles. The number of halogens is 2. The second-order valence-corrected chi connectivity index (χ2v) is 4.45. The third-order valence-electron chi connectivity index (χ3n) is 2.26. The van der Waals surface area contributed by atoms with E-state index in [1.165, 1.54) is 0 Å². The Morgan fingerprint density at radius 2 is 1.81 bits per heavy atom. The van der Waals surface area contributed by atoms with E-state index in [9.17, 15) is 0 Å². The van der Waals surface area contributed by atoms with E-state index < -0.39 is 0 Å². The van der Waals surface area contributed by atoms with E-state index in [1.54, 1.807) is 0 Å². The van der Waals surface area contributed by atoms with Crippen molar-refractivity contribution in [2.45, 2.75) is 12.5 Å². The van der Waals surface area contributed by atoms with Gasteiger partial charge in [-0.3, -0.25) is 0 Å². The number of para-hydroxylation sites is 1. The highest BCUT2D eigenvalue weighted by Crippen LogP contribution is 2.09. The molecular formula is C12H17Cl2NO. The van der Waals surface area contributed by atoms with Crippen molar-refractivity contribution < 1.29 is 4.74 Å². The van der Waals surface area contributed by atoms with E-state index in [0.717, 1.165) is 12.3 Å². The Hall–Kier alpha value is -0.440. The van der Waals surface area contributed by atoms with Gasteiger partial charge in [0.05, 0.1) is 0 Å². The van der Waals surface area contributed by atoms with Gasteiger partial charge in [-0.25, -0.2) is 0 Å². The Labute approximate surface area is 107 Å². The molecule has 0 unspecified atom stereocenters. The van der Waals surface area contributed by atoms with Crippen molar-refractivity contribution in [2.75, 3.05) is 24.9 Å². The minimum Gasteiger partial charge on any atom is -0.492 e. The van der Waals surface area contributed by atoms with Crippen LogP contribution in [0.25, 0.3) is 0 Å². The summed E-state index contributed by atoms with van der Waals surface area (Å²) >= 11 is 11.6. The minimum absolute atomic E-state index is 0.219. The molecule has 0 bridgehead atoms. The molecule has 0 atom stereocenters. The third kappa shape index (κ3) is 4.60. The third-order valence-corrected chi connectivity index (χ3v) is 3.44. The molecule has 0 aromatic heterocycles. The number of benzene rings is 1. The zero-order chi connectivity index (χ0) is 11.9. The zero-order valence-electron chi connectivity index (χ0n) is 9.38. The number of hydrogen-bond donors (Lipinski definition) is 1. The molecule has 16 heavy (non-hydrogen) atoms. The van der Waals surface area contributed by atoms with Gasteiger partial charge in [-0.15, -0.1) is 23.2 Å². The molecule has 90 valence electrons. The largest absolute Gasteiger partial charge is 0.492 e. The number of hydrogen-bond acceptors (Lipinski definition) is 2. The molecule has 1 aromatic carbocycles. The summed E-state index contributed by atoms with van der Waals surface area (Å²) in [7, 11) is 0. The molecule has 0 heterocycles. The van der Waals surface area contributed by atoms with Crippen molar-refractivity contribution in [1.82, 2.24) is 5.32 Å². The summed E-state index contributed by atoms with van der Waals surface area (Å²) in [5.74, 6) is 1.85. The van der Waals surface area contributed by atoms with Crippen molar-refractivity contribution in [1.29, 1.82) is 0 Å². The average Bonchev–Trinajstić information content (AvgIpc) is 2.36. The van der Waals surface area contributed by atoms with Gasteiger partial charge in [0.2, 0.25) is 0 Å². The number of alkyl halides is 2. The summed E-state index contributed by atoms with van der Waals surface area (Å²) in [6.45, 7) is 3.33. The van der Waals surface area contributed by atoms with Gasteiger partial charge in [-0.1, -0.05) is 18.2 Å². The van der Waals surface area contributed by atoms with Gasteiger partial charge in [0.25, 0.3) is 0 Å². The molecule has 2 nitrogen and oxygen atoms in total. The highest BCUT2D eigenvalue weighted by molar-refractivity contribution is 6.22. The van der Waals surface area contributed by atoms with Gasteiger partial charge < -0.3 is 10.1 Å². The van der Waals surface area contributed by atoms with Crippen molar-refractivity contribution in [3.8, 4) is 5.75 Å². The van der Waals surface area contributed by atoms with Crippen LogP contribution in [0, 0.1) is 0 Å². The van der Waals surface area contributed by atoms with Crippen molar-refractivity contribution in [2.24, 2.45) is 0 Å². The second kappa shape index (κ2) is 7.00. The lowest BCUT2D eigenvalue weighted by molar-refractivity contribution is 0.293. The minimum atomic E-state index is -0.219. The first-order chi connectivity index (χ1) is 7.70. The number of ether oxygens (including phenoxy) is 1. The zero-order valence-corrected chi connectivity index (χ0v) is 10.9. The smallest absolute Gasteiger partial charge is 0.119 e. The summed E-state index contributed by atoms with van der Waals surface area (Å²) in [6.07, 6.45) is 0. The van der Waals surface area contributed by atoms with Crippen LogP contribution in [-0.2, 0) is 0 Å². The van der Waals surface area contributed by atoms with Gasteiger partial charge in [-0.05, 0) is 19.1 Å². The maximum Gasteiger partial charge on any atom is 0.119 e. The van der Waals surface area contributed by atoms with E-state index in [0.29, 0.717) is 18.4 Å². The fourth-order valence-corrected chi connectivity index (χ4v) is 1.64. The summed E-state index contributed by atoms with van der Waals surface area (Å²) in [6, 6.07) is 9.72. The summed E-state index contributed by atoms with van der Waals surface area (Å²) in [5, 5.41) is 3.28. The second-order valence-electron chi connectivity index (χ2n) is 3.92. The van der Waals surface area contributed by atoms with Gasteiger partial charge in [0, 0.05) is 23.8 Å². The average molecular weight is 262 g/mol. The topological polar surface area (TPSA) is 21.3 Å². The summed E-state index contributed by atoms with van der Waals surface area (Å²) in [4.78, 5) is 0. The van der Waals surface area contributed by atoms with Gasteiger partial charge in [0.15, 0.2) is 0 Å². The Kier molecular flexibility index (Phi) is 5.96. The Morgan fingerprint density at radius 3 is 2.38 bits per heavy atom. The molecule has 0 saturated carbocycles. The molecule has 0 saturated heterocycles. The standard InChI is InChI=1S/C12H17Cl2NO/c1-12(9-13,10-14)15-7-8-16-11-5-3-2-4-6-11/h2-6,15H,7-10H2,1H3. The molecule has 1 rings (SSSR count). The first-order valence-corrected chi connectivity index (χ1v) is 6.32. The molecule has 1 N–H and O–H groups in total. The van der Waals surface area contributed by atoms with Crippen LogP contribution in [0.1, 0.15) is 6.92 Å².